The summed E-state index contributed by atoms with van der Waals surface area (Å²) in [7, 11) is 0. The Bertz CT molecular complexity index is 1530. The SMILES string of the molecule is Fc1cccc(-c2cccc3[nH]c(-c4[nH]ncc4/C=C/c4cncc(CN5CCCCC5)c4)nc23)c1. The molecule has 0 spiro atoms. The quantitative estimate of drug-likeness (QED) is 0.300. The second kappa shape index (κ2) is 9.87. The van der Waals surface area contributed by atoms with Gasteiger partial charge < -0.3 is 4.98 Å². The van der Waals surface area contributed by atoms with Crippen LogP contribution in [0.1, 0.15) is 36.0 Å². The second-order valence-electron chi connectivity index (χ2n) is 9.29. The third-order valence-electron chi connectivity index (χ3n) is 6.68. The molecule has 0 radical (unpaired) electrons. The number of aromatic nitrogens is 5. The Morgan fingerprint density at radius 3 is 2.72 bits per heavy atom. The molecule has 0 atom stereocenters. The van der Waals surface area contributed by atoms with Crippen LogP contribution in [0, 0.1) is 5.82 Å². The molecular formula is C29H27FN6. The van der Waals surface area contributed by atoms with Crippen LogP contribution in [0.3, 0.4) is 0 Å². The number of fused-ring (bicyclic) bond motifs is 1. The monoisotopic (exact) mass is 478 g/mol. The van der Waals surface area contributed by atoms with Crippen molar-refractivity contribution in [2.75, 3.05) is 13.1 Å². The fourth-order valence-corrected chi connectivity index (χ4v) is 4.90. The summed E-state index contributed by atoms with van der Waals surface area (Å²) in [5.41, 5.74) is 7.34. The van der Waals surface area contributed by atoms with E-state index in [1.54, 1.807) is 12.3 Å². The second-order valence-corrected chi connectivity index (χ2v) is 9.29. The molecule has 6 nitrogen and oxygen atoms in total. The molecule has 4 heterocycles. The lowest BCUT2D eigenvalue weighted by Crippen LogP contribution is -2.29. The number of hydrogen-bond donors (Lipinski definition) is 2. The predicted octanol–water partition coefficient (Wildman–Crippen LogP) is 6.31. The molecule has 5 aromatic rings. The molecule has 0 unspecified atom stereocenters. The zero-order chi connectivity index (χ0) is 24.3. The Kier molecular flexibility index (Phi) is 6.13. The van der Waals surface area contributed by atoms with Crippen molar-refractivity contribution in [1.29, 1.82) is 0 Å². The molecule has 1 aliphatic heterocycles. The first-order valence-electron chi connectivity index (χ1n) is 12.4. The van der Waals surface area contributed by atoms with Gasteiger partial charge >= 0.3 is 0 Å². The van der Waals surface area contributed by atoms with Gasteiger partial charge in [0, 0.05) is 30.1 Å². The highest BCUT2D eigenvalue weighted by Crippen LogP contribution is 2.30. The Labute approximate surface area is 208 Å². The van der Waals surface area contributed by atoms with Crippen molar-refractivity contribution in [2.45, 2.75) is 25.8 Å². The number of nitrogens with one attached hydrogen (secondary N) is 2. The highest BCUT2D eigenvalue weighted by atomic mass is 19.1. The van der Waals surface area contributed by atoms with Gasteiger partial charge in [-0.05, 0) is 66.9 Å². The van der Waals surface area contributed by atoms with Crippen LogP contribution in [-0.4, -0.2) is 43.1 Å². The zero-order valence-electron chi connectivity index (χ0n) is 19.9. The molecule has 0 bridgehead atoms. The van der Waals surface area contributed by atoms with E-state index >= 15 is 0 Å². The minimum atomic E-state index is -0.268. The van der Waals surface area contributed by atoms with Gasteiger partial charge in [0.15, 0.2) is 5.82 Å². The van der Waals surface area contributed by atoms with E-state index in [0.717, 1.165) is 58.6 Å². The predicted molar refractivity (Wildman–Crippen MR) is 141 cm³/mol. The van der Waals surface area contributed by atoms with Crippen LogP contribution >= 0.6 is 0 Å². The lowest BCUT2D eigenvalue weighted by Gasteiger charge is -2.26. The Balaban J connectivity index is 1.27. The number of imidazole rings is 1. The molecule has 3 aromatic heterocycles. The summed E-state index contributed by atoms with van der Waals surface area (Å²) in [5.74, 6) is 0.415. The number of hydrogen-bond acceptors (Lipinski definition) is 4. The normalized spacial score (nSPS) is 14.7. The molecule has 6 rings (SSSR count). The average molecular weight is 479 g/mol. The number of halogens is 1. The Morgan fingerprint density at radius 2 is 1.83 bits per heavy atom. The molecular weight excluding hydrogens is 451 g/mol. The molecule has 1 saturated heterocycles. The van der Waals surface area contributed by atoms with Gasteiger partial charge in [0.1, 0.15) is 11.5 Å². The van der Waals surface area contributed by atoms with Gasteiger partial charge in [-0.1, -0.05) is 42.8 Å². The van der Waals surface area contributed by atoms with Gasteiger partial charge in [-0.3, -0.25) is 15.0 Å². The summed E-state index contributed by atoms with van der Waals surface area (Å²) in [5, 5.41) is 7.34. The van der Waals surface area contributed by atoms with Gasteiger partial charge in [0.25, 0.3) is 0 Å². The van der Waals surface area contributed by atoms with Crippen LogP contribution in [0.15, 0.2) is 67.1 Å². The number of pyridine rings is 1. The first-order chi connectivity index (χ1) is 17.7. The summed E-state index contributed by atoms with van der Waals surface area (Å²) in [4.78, 5) is 15.2. The van der Waals surface area contributed by atoms with Crippen molar-refractivity contribution in [3.63, 3.8) is 0 Å². The maximum absolute atomic E-state index is 13.8. The van der Waals surface area contributed by atoms with E-state index in [4.69, 9.17) is 4.98 Å². The van der Waals surface area contributed by atoms with E-state index in [2.05, 4.69) is 37.2 Å². The minimum Gasteiger partial charge on any atom is -0.337 e. The molecule has 0 aliphatic carbocycles. The van der Waals surface area contributed by atoms with Crippen LogP contribution in [0.2, 0.25) is 0 Å². The fraction of sp³-hybridized carbons (Fsp3) is 0.207. The molecule has 7 heteroatoms. The van der Waals surface area contributed by atoms with Gasteiger partial charge in [-0.15, -0.1) is 0 Å². The molecule has 180 valence electrons. The molecule has 1 aliphatic rings. The highest BCUT2D eigenvalue weighted by Gasteiger charge is 2.14. The zero-order valence-corrected chi connectivity index (χ0v) is 19.9. The topological polar surface area (TPSA) is 73.5 Å². The van der Waals surface area contributed by atoms with Crippen molar-refractivity contribution in [3.05, 3.63) is 89.6 Å². The highest BCUT2D eigenvalue weighted by molar-refractivity contribution is 5.94. The van der Waals surface area contributed by atoms with Crippen molar-refractivity contribution in [1.82, 2.24) is 30.0 Å². The van der Waals surface area contributed by atoms with Crippen LogP contribution in [-0.2, 0) is 6.54 Å². The van der Waals surface area contributed by atoms with Gasteiger partial charge in [0.2, 0.25) is 0 Å². The number of rotatable bonds is 6. The van der Waals surface area contributed by atoms with Crippen LogP contribution in [0.5, 0.6) is 0 Å². The third-order valence-corrected chi connectivity index (χ3v) is 6.68. The Morgan fingerprint density at radius 1 is 0.944 bits per heavy atom. The fourth-order valence-electron chi connectivity index (χ4n) is 4.90. The molecule has 0 saturated carbocycles. The number of benzene rings is 2. The van der Waals surface area contributed by atoms with Crippen molar-refractivity contribution in [3.8, 4) is 22.6 Å². The van der Waals surface area contributed by atoms with E-state index < -0.39 is 0 Å². The first kappa shape index (κ1) is 22.4. The number of nitrogens with zero attached hydrogens (tertiary/aromatic N) is 4. The van der Waals surface area contributed by atoms with Gasteiger partial charge in [-0.25, -0.2) is 9.37 Å². The van der Waals surface area contributed by atoms with E-state index in [-0.39, 0.29) is 5.82 Å². The van der Waals surface area contributed by atoms with Crippen molar-refractivity contribution in [2.24, 2.45) is 0 Å². The summed E-state index contributed by atoms with van der Waals surface area (Å²) in [6.45, 7) is 3.27. The van der Waals surface area contributed by atoms with Gasteiger partial charge in [-0.2, -0.15) is 5.10 Å². The smallest absolute Gasteiger partial charge is 0.157 e. The lowest BCUT2D eigenvalue weighted by atomic mass is 10.0. The number of H-pyrrole nitrogens is 2. The summed E-state index contributed by atoms with van der Waals surface area (Å²) in [6.07, 6.45) is 13.6. The number of likely N-dealkylation sites (tertiary alicyclic amines) is 1. The first-order valence-corrected chi connectivity index (χ1v) is 12.4. The van der Waals surface area contributed by atoms with Crippen LogP contribution in [0.4, 0.5) is 4.39 Å². The number of piperidine rings is 1. The molecule has 2 aromatic carbocycles. The lowest BCUT2D eigenvalue weighted by molar-refractivity contribution is 0.220. The van der Waals surface area contributed by atoms with Crippen LogP contribution < -0.4 is 0 Å². The molecule has 1 fully saturated rings. The van der Waals surface area contributed by atoms with E-state index in [1.807, 2.05) is 42.7 Å². The maximum Gasteiger partial charge on any atom is 0.157 e. The summed E-state index contributed by atoms with van der Waals surface area (Å²) in [6, 6.07) is 14.7. The summed E-state index contributed by atoms with van der Waals surface area (Å²) < 4.78 is 13.8. The number of aromatic amines is 2. The standard InChI is InChI=1S/C29H27FN6/c30-24-7-4-6-22(15-24)25-8-5-9-26-28(25)34-29(33-26)27-23(18-32-35-27)11-10-20-14-21(17-31-16-20)19-36-12-2-1-3-13-36/h4-11,14-18H,1-3,12-13,19H2,(H,32,35)(H,33,34)/b11-10+. The Hall–Kier alpha value is -4.10. The number of para-hydroxylation sites is 1. The van der Waals surface area contributed by atoms with Gasteiger partial charge in [0.05, 0.1) is 17.2 Å². The van der Waals surface area contributed by atoms with E-state index in [9.17, 15) is 4.39 Å². The largest absolute Gasteiger partial charge is 0.337 e. The average Bonchev–Trinajstić information content (AvgIpc) is 3.55. The minimum absolute atomic E-state index is 0.268. The van der Waals surface area contributed by atoms with Crippen molar-refractivity contribution >= 4 is 23.2 Å². The molecule has 2 N–H and O–H groups in total. The third kappa shape index (κ3) is 4.70. The van der Waals surface area contributed by atoms with Crippen molar-refractivity contribution < 1.29 is 4.39 Å². The van der Waals surface area contributed by atoms with Crippen LogP contribution in [0.25, 0.3) is 45.8 Å². The summed E-state index contributed by atoms with van der Waals surface area (Å²) >= 11 is 0. The van der Waals surface area contributed by atoms with E-state index in [0.29, 0.717) is 5.82 Å². The molecule has 36 heavy (non-hydrogen) atoms. The maximum atomic E-state index is 13.8. The van der Waals surface area contributed by atoms with E-state index in [1.165, 1.54) is 37.0 Å². The molecule has 0 amide bonds.